The van der Waals surface area contributed by atoms with Gasteiger partial charge in [-0.2, -0.15) is 0 Å². The van der Waals surface area contributed by atoms with Gasteiger partial charge < -0.3 is 15.5 Å². The molecule has 1 aliphatic heterocycles. The van der Waals surface area contributed by atoms with Crippen molar-refractivity contribution < 1.29 is 0 Å². The summed E-state index contributed by atoms with van der Waals surface area (Å²) < 4.78 is 0.819. The van der Waals surface area contributed by atoms with Crippen LogP contribution in [0.15, 0.2) is 34.9 Å². The second-order valence-electron chi connectivity index (χ2n) is 6.06. The van der Waals surface area contributed by atoms with Crippen molar-refractivity contribution in [1.82, 2.24) is 10.3 Å². The Morgan fingerprint density at radius 1 is 1.28 bits per heavy atom. The highest BCUT2D eigenvalue weighted by Crippen LogP contribution is 2.29. The van der Waals surface area contributed by atoms with Gasteiger partial charge in [-0.3, -0.25) is 0 Å². The Bertz CT molecular complexity index is 760. The van der Waals surface area contributed by atoms with Crippen LogP contribution in [0.4, 0.5) is 11.5 Å². The van der Waals surface area contributed by atoms with Crippen LogP contribution < -0.4 is 15.5 Å². The normalized spacial score (nSPS) is 13.8. The highest BCUT2D eigenvalue weighted by molar-refractivity contribution is 9.10. The molecule has 0 aliphatic carbocycles. The molecular weight excluding hydrogens is 420 g/mol. The van der Waals surface area contributed by atoms with Crippen LogP contribution in [0, 0.1) is 6.92 Å². The molecule has 2 aromatic rings. The summed E-state index contributed by atoms with van der Waals surface area (Å²) in [4.78, 5) is 6.69. The van der Waals surface area contributed by atoms with Crippen molar-refractivity contribution in [3.05, 3.63) is 51.1 Å². The van der Waals surface area contributed by atoms with Crippen LogP contribution >= 0.6 is 39.7 Å². The molecule has 0 saturated carbocycles. The molecule has 0 unspecified atom stereocenters. The molecule has 3 rings (SSSR count). The van der Waals surface area contributed by atoms with E-state index in [0.717, 1.165) is 23.1 Å². The lowest BCUT2D eigenvalue weighted by Gasteiger charge is -2.18. The third-order valence-electron chi connectivity index (χ3n) is 4.29. The Kier molecular flexibility index (Phi) is 6.15. The van der Waals surface area contributed by atoms with Crippen LogP contribution in [0.1, 0.15) is 24.0 Å². The van der Waals surface area contributed by atoms with E-state index in [2.05, 4.69) is 60.7 Å². The number of benzene rings is 1. The summed E-state index contributed by atoms with van der Waals surface area (Å²) in [5.41, 5.74) is 3.41. The molecule has 1 aromatic carbocycles. The van der Waals surface area contributed by atoms with Crippen molar-refractivity contribution in [2.24, 2.45) is 0 Å². The average Bonchev–Trinajstić information content (AvgIpc) is 3.16. The maximum absolute atomic E-state index is 6.05. The zero-order valence-electron chi connectivity index (χ0n) is 14.0. The molecule has 2 N–H and O–H groups in total. The van der Waals surface area contributed by atoms with E-state index in [1.807, 2.05) is 6.92 Å². The van der Waals surface area contributed by atoms with Crippen LogP contribution in [0.25, 0.3) is 0 Å². The van der Waals surface area contributed by atoms with Gasteiger partial charge in [-0.15, -0.1) is 0 Å². The first-order chi connectivity index (χ1) is 12.0. The fourth-order valence-corrected chi connectivity index (χ4v) is 3.62. The lowest BCUT2D eigenvalue weighted by Crippen LogP contribution is -2.28. The number of rotatable bonds is 4. The third kappa shape index (κ3) is 4.63. The van der Waals surface area contributed by atoms with Crippen molar-refractivity contribution >= 4 is 56.4 Å². The van der Waals surface area contributed by atoms with Gasteiger partial charge in [-0.1, -0.05) is 23.7 Å². The number of nitrogens with one attached hydrogen (secondary N) is 2. The van der Waals surface area contributed by atoms with Crippen molar-refractivity contribution in [1.29, 1.82) is 0 Å². The fraction of sp³-hybridized carbons (Fsp3) is 0.333. The van der Waals surface area contributed by atoms with E-state index in [-0.39, 0.29) is 0 Å². The SMILES string of the molecule is Cc1c(Cl)cnc(NC(=S)NCc2ccc(N3CCCC3)cc2)c1Br. The minimum absolute atomic E-state index is 0.526. The Morgan fingerprint density at radius 3 is 2.64 bits per heavy atom. The van der Waals surface area contributed by atoms with Gasteiger partial charge in [0.25, 0.3) is 0 Å². The predicted molar refractivity (Wildman–Crippen MR) is 113 cm³/mol. The van der Waals surface area contributed by atoms with E-state index in [1.165, 1.54) is 24.1 Å². The maximum atomic E-state index is 6.05. The number of thiocarbonyl (C=S) groups is 1. The molecule has 0 spiro atoms. The van der Waals surface area contributed by atoms with E-state index in [9.17, 15) is 0 Å². The van der Waals surface area contributed by atoms with E-state index >= 15 is 0 Å². The van der Waals surface area contributed by atoms with Crippen LogP contribution in [0.5, 0.6) is 0 Å². The second kappa shape index (κ2) is 8.34. The van der Waals surface area contributed by atoms with Crippen LogP contribution in [-0.2, 0) is 6.54 Å². The molecular formula is C18H20BrClN4S. The van der Waals surface area contributed by atoms with E-state index < -0.39 is 0 Å². The number of hydrogen-bond donors (Lipinski definition) is 2. The van der Waals surface area contributed by atoms with Crippen molar-refractivity contribution in [2.75, 3.05) is 23.3 Å². The first-order valence-corrected chi connectivity index (χ1v) is 9.82. The lowest BCUT2D eigenvalue weighted by atomic mass is 10.2. The summed E-state index contributed by atoms with van der Waals surface area (Å²) in [5.74, 6) is 0.656. The van der Waals surface area contributed by atoms with Crippen molar-refractivity contribution in [3.63, 3.8) is 0 Å². The number of nitrogens with zero attached hydrogens (tertiary/aromatic N) is 2. The largest absolute Gasteiger partial charge is 0.372 e. The summed E-state index contributed by atoms with van der Waals surface area (Å²) in [5, 5.41) is 7.46. The number of halogens is 2. The molecule has 0 bridgehead atoms. The molecule has 7 heteroatoms. The quantitative estimate of drug-likeness (QED) is 0.664. The third-order valence-corrected chi connectivity index (χ3v) is 5.89. The molecule has 1 aliphatic rings. The molecule has 4 nitrogen and oxygen atoms in total. The lowest BCUT2D eigenvalue weighted by molar-refractivity contribution is 0.920. The van der Waals surface area contributed by atoms with Gasteiger partial charge >= 0.3 is 0 Å². The number of pyridine rings is 1. The minimum atomic E-state index is 0.526. The van der Waals surface area contributed by atoms with Gasteiger partial charge in [0, 0.05) is 31.5 Å². The van der Waals surface area contributed by atoms with Crippen LogP contribution in [0.2, 0.25) is 5.02 Å². The summed E-state index contributed by atoms with van der Waals surface area (Å²) in [7, 11) is 0. The summed E-state index contributed by atoms with van der Waals surface area (Å²) in [6.07, 6.45) is 4.19. The van der Waals surface area contributed by atoms with Gasteiger partial charge in [0.15, 0.2) is 5.11 Å². The zero-order valence-corrected chi connectivity index (χ0v) is 17.1. The molecule has 0 amide bonds. The average molecular weight is 440 g/mol. The van der Waals surface area contributed by atoms with Gasteiger partial charge in [0.05, 0.1) is 9.50 Å². The molecule has 132 valence electrons. The highest BCUT2D eigenvalue weighted by Gasteiger charge is 2.12. The maximum Gasteiger partial charge on any atom is 0.172 e. The Balaban J connectivity index is 1.54. The summed E-state index contributed by atoms with van der Waals surface area (Å²) >= 11 is 14.9. The zero-order chi connectivity index (χ0) is 17.8. The van der Waals surface area contributed by atoms with Gasteiger partial charge in [-0.05, 0) is 71.2 Å². The van der Waals surface area contributed by atoms with Gasteiger partial charge in [0.2, 0.25) is 0 Å². The number of aromatic nitrogens is 1. The Labute approximate surface area is 167 Å². The second-order valence-corrected chi connectivity index (χ2v) is 7.67. The fourth-order valence-electron chi connectivity index (χ4n) is 2.78. The molecule has 2 heterocycles. The van der Waals surface area contributed by atoms with Gasteiger partial charge in [-0.25, -0.2) is 4.98 Å². The predicted octanol–water partition coefficient (Wildman–Crippen LogP) is 4.89. The molecule has 0 radical (unpaired) electrons. The van der Waals surface area contributed by atoms with E-state index in [1.54, 1.807) is 6.20 Å². The van der Waals surface area contributed by atoms with Crippen LogP contribution in [0.3, 0.4) is 0 Å². The number of anilines is 2. The minimum Gasteiger partial charge on any atom is -0.372 e. The molecule has 1 saturated heterocycles. The standard InChI is InChI=1S/C18H20BrClN4S/c1-12-15(20)11-21-17(16(12)19)23-18(25)22-10-13-4-6-14(7-5-13)24-8-2-3-9-24/h4-7,11H,2-3,8-10H2,1H3,(H2,21,22,23,25). The topological polar surface area (TPSA) is 40.2 Å². The van der Waals surface area contributed by atoms with E-state index in [4.69, 9.17) is 23.8 Å². The highest BCUT2D eigenvalue weighted by atomic mass is 79.9. The molecule has 1 aromatic heterocycles. The van der Waals surface area contributed by atoms with Crippen LogP contribution in [-0.4, -0.2) is 23.2 Å². The monoisotopic (exact) mass is 438 g/mol. The molecule has 0 atom stereocenters. The molecule has 1 fully saturated rings. The first-order valence-electron chi connectivity index (χ1n) is 8.24. The number of hydrogen-bond acceptors (Lipinski definition) is 3. The first kappa shape index (κ1) is 18.4. The summed E-state index contributed by atoms with van der Waals surface area (Å²) in [6.45, 7) is 4.91. The van der Waals surface area contributed by atoms with Crippen molar-refractivity contribution in [3.8, 4) is 0 Å². The molecule has 25 heavy (non-hydrogen) atoms. The van der Waals surface area contributed by atoms with Gasteiger partial charge in [0.1, 0.15) is 5.82 Å². The van der Waals surface area contributed by atoms with Crippen molar-refractivity contribution in [2.45, 2.75) is 26.3 Å². The van der Waals surface area contributed by atoms with E-state index in [0.29, 0.717) is 22.5 Å². The summed E-state index contributed by atoms with van der Waals surface area (Å²) in [6, 6.07) is 8.65. The smallest absolute Gasteiger partial charge is 0.172 e. The Hall–Kier alpha value is -1.37. The Morgan fingerprint density at radius 2 is 1.96 bits per heavy atom.